The van der Waals surface area contributed by atoms with Gasteiger partial charge >= 0.3 is 0 Å². The predicted molar refractivity (Wildman–Crippen MR) is 63.6 cm³/mol. The summed E-state index contributed by atoms with van der Waals surface area (Å²) in [4.78, 5) is 0. The van der Waals surface area contributed by atoms with E-state index in [2.05, 4.69) is 26.0 Å². The first-order valence-electron chi connectivity index (χ1n) is 5.20. The van der Waals surface area contributed by atoms with E-state index >= 15 is 0 Å². The van der Waals surface area contributed by atoms with E-state index < -0.39 is 0 Å². The topological polar surface area (TPSA) is 9.23 Å². The summed E-state index contributed by atoms with van der Waals surface area (Å²) in [6.07, 6.45) is 8.21. The first kappa shape index (κ1) is 10.6. The molecule has 0 fully saturated rings. The number of fused-ring (bicyclic) bond motifs is 1. The molecule has 15 heavy (non-hydrogen) atoms. The smallest absolute Gasteiger partial charge is 0.116 e. The Morgan fingerprint density at radius 2 is 2.07 bits per heavy atom. The van der Waals surface area contributed by atoms with Crippen LogP contribution in [0.2, 0.25) is 0 Å². The zero-order chi connectivity index (χ0) is 11.1. The molecule has 2 aliphatic carbocycles. The van der Waals surface area contributed by atoms with Gasteiger partial charge in [0.25, 0.3) is 0 Å². The minimum atomic E-state index is 0.00171. The average molecular weight is 223 g/mol. The first-order valence-corrected chi connectivity index (χ1v) is 5.58. The predicted octanol–water partition coefficient (Wildman–Crippen LogP) is 3.94. The molecule has 0 atom stereocenters. The van der Waals surface area contributed by atoms with Crippen LogP contribution in [0.1, 0.15) is 20.8 Å². The van der Waals surface area contributed by atoms with E-state index in [0.29, 0.717) is 6.61 Å². The van der Waals surface area contributed by atoms with E-state index in [-0.39, 0.29) is 5.41 Å². The van der Waals surface area contributed by atoms with E-state index in [9.17, 15) is 0 Å². The second-order valence-corrected chi connectivity index (χ2v) is 4.76. The minimum Gasteiger partial charge on any atom is -0.494 e. The standard InChI is InChI=1S/C13H15ClO/c1-4-15-9-7-10-11(5-6-12(10)14)13(2,3)8-9/h5-8H,4H2,1-3H3. The molecule has 0 aromatic rings. The van der Waals surface area contributed by atoms with Gasteiger partial charge in [0.05, 0.1) is 6.61 Å². The van der Waals surface area contributed by atoms with Crippen molar-refractivity contribution in [1.29, 1.82) is 0 Å². The Labute approximate surface area is 95.8 Å². The lowest BCUT2D eigenvalue weighted by Crippen LogP contribution is -2.17. The molecule has 0 unspecified atom stereocenters. The van der Waals surface area contributed by atoms with Gasteiger partial charge in [0.1, 0.15) is 5.76 Å². The van der Waals surface area contributed by atoms with E-state index in [1.165, 1.54) is 5.57 Å². The van der Waals surface area contributed by atoms with Gasteiger partial charge in [-0.2, -0.15) is 0 Å². The highest BCUT2D eigenvalue weighted by Crippen LogP contribution is 2.45. The molecule has 0 aliphatic heterocycles. The van der Waals surface area contributed by atoms with Crippen LogP contribution in [-0.2, 0) is 4.74 Å². The molecular weight excluding hydrogens is 208 g/mol. The van der Waals surface area contributed by atoms with Crippen LogP contribution in [0.3, 0.4) is 0 Å². The fraction of sp³-hybridized carbons (Fsp3) is 0.385. The van der Waals surface area contributed by atoms with Crippen LogP contribution >= 0.6 is 11.6 Å². The van der Waals surface area contributed by atoms with Crippen LogP contribution in [0.5, 0.6) is 0 Å². The molecule has 0 spiro atoms. The highest BCUT2D eigenvalue weighted by molar-refractivity contribution is 6.33. The first-order chi connectivity index (χ1) is 7.04. The zero-order valence-electron chi connectivity index (χ0n) is 9.30. The van der Waals surface area contributed by atoms with Crippen molar-refractivity contribution in [3.63, 3.8) is 0 Å². The Hall–Kier alpha value is -0.950. The number of hydrogen-bond acceptors (Lipinski definition) is 1. The second kappa shape index (κ2) is 3.57. The maximum atomic E-state index is 6.14. The van der Waals surface area contributed by atoms with Gasteiger partial charge in [-0.3, -0.25) is 0 Å². The maximum Gasteiger partial charge on any atom is 0.116 e. The summed E-state index contributed by atoms with van der Waals surface area (Å²) >= 11 is 6.14. The maximum absolute atomic E-state index is 6.14. The minimum absolute atomic E-state index is 0.00171. The fourth-order valence-electron chi connectivity index (χ4n) is 2.04. The molecule has 0 radical (unpaired) electrons. The van der Waals surface area contributed by atoms with E-state index in [0.717, 1.165) is 16.4 Å². The summed E-state index contributed by atoms with van der Waals surface area (Å²) in [7, 11) is 0. The monoisotopic (exact) mass is 222 g/mol. The molecule has 0 aromatic carbocycles. The van der Waals surface area contributed by atoms with Crippen molar-refractivity contribution in [3.8, 4) is 0 Å². The number of hydrogen-bond donors (Lipinski definition) is 0. The van der Waals surface area contributed by atoms with Gasteiger partial charge < -0.3 is 4.74 Å². The van der Waals surface area contributed by atoms with Crippen LogP contribution in [0.4, 0.5) is 0 Å². The van der Waals surface area contributed by atoms with Crippen LogP contribution in [0.15, 0.2) is 46.2 Å². The SMILES string of the molecule is CCOC1=CC(C)(C)C2=CC=C(Cl)C2=C1. The third-order valence-electron chi connectivity index (χ3n) is 2.74. The van der Waals surface area contributed by atoms with E-state index in [1.807, 2.05) is 19.1 Å². The molecule has 0 N–H and O–H groups in total. The van der Waals surface area contributed by atoms with Crippen molar-refractivity contribution < 1.29 is 4.74 Å². The van der Waals surface area contributed by atoms with Crippen LogP contribution in [-0.4, -0.2) is 6.61 Å². The molecule has 0 heterocycles. The average Bonchev–Trinajstić information content (AvgIpc) is 2.48. The lowest BCUT2D eigenvalue weighted by Gasteiger charge is -2.29. The van der Waals surface area contributed by atoms with Gasteiger partial charge in [-0.15, -0.1) is 0 Å². The molecule has 0 saturated heterocycles. The van der Waals surface area contributed by atoms with Gasteiger partial charge in [-0.1, -0.05) is 31.5 Å². The third-order valence-corrected chi connectivity index (χ3v) is 3.07. The summed E-state index contributed by atoms with van der Waals surface area (Å²) in [5.74, 6) is 0.920. The van der Waals surface area contributed by atoms with Crippen LogP contribution < -0.4 is 0 Å². The van der Waals surface area contributed by atoms with Crippen molar-refractivity contribution >= 4 is 11.6 Å². The number of allylic oxidation sites excluding steroid dienone is 7. The summed E-state index contributed by atoms with van der Waals surface area (Å²) in [6.45, 7) is 7.03. The molecule has 2 aliphatic rings. The lowest BCUT2D eigenvalue weighted by atomic mass is 9.77. The molecule has 80 valence electrons. The summed E-state index contributed by atoms with van der Waals surface area (Å²) < 4.78 is 5.55. The molecule has 2 rings (SSSR count). The van der Waals surface area contributed by atoms with Crippen molar-refractivity contribution in [3.05, 3.63) is 46.2 Å². The molecule has 0 bridgehead atoms. The van der Waals surface area contributed by atoms with Gasteiger partial charge in [0.15, 0.2) is 0 Å². The van der Waals surface area contributed by atoms with Crippen LogP contribution in [0.25, 0.3) is 0 Å². The molecule has 1 nitrogen and oxygen atoms in total. The van der Waals surface area contributed by atoms with Gasteiger partial charge in [0.2, 0.25) is 0 Å². The van der Waals surface area contributed by atoms with Crippen molar-refractivity contribution in [2.45, 2.75) is 20.8 Å². The van der Waals surface area contributed by atoms with E-state index in [4.69, 9.17) is 16.3 Å². The Kier molecular flexibility index (Phi) is 2.51. The zero-order valence-corrected chi connectivity index (χ0v) is 10.1. The summed E-state index contributed by atoms with van der Waals surface area (Å²) in [5.41, 5.74) is 2.38. The quantitative estimate of drug-likeness (QED) is 0.688. The van der Waals surface area contributed by atoms with Gasteiger partial charge in [-0.25, -0.2) is 0 Å². The Morgan fingerprint density at radius 1 is 1.33 bits per heavy atom. The highest BCUT2D eigenvalue weighted by atomic mass is 35.5. The van der Waals surface area contributed by atoms with Gasteiger partial charge in [0, 0.05) is 16.0 Å². The Bertz CT molecular complexity index is 408. The summed E-state index contributed by atoms with van der Waals surface area (Å²) in [6, 6.07) is 0. The number of halogens is 1. The Balaban J connectivity index is 2.41. The second-order valence-electron chi connectivity index (χ2n) is 4.35. The van der Waals surface area contributed by atoms with Crippen molar-refractivity contribution in [2.24, 2.45) is 5.41 Å². The fourth-order valence-corrected chi connectivity index (χ4v) is 2.26. The highest BCUT2D eigenvalue weighted by Gasteiger charge is 2.31. The largest absolute Gasteiger partial charge is 0.494 e. The number of rotatable bonds is 2. The number of ether oxygens (including phenoxy) is 1. The molecule has 0 aromatic heterocycles. The molecule has 0 amide bonds. The molecule has 0 saturated carbocycles. The normalized spacial score (nSPS) is 22.4. The van der Waals surface area contributed by atoms with Crippen LogP contribution in [0, 0.1) is 5.41 Å². The van der Waals surface area contributed by atoms with Crippen molar-refractivity contribution in [1.82, 2.24) is 0 Å². The Morgan fingerprint density at radius 3 is 2.73 bits per heavy atom. The summed E-state index contributed by atoms with van der Waals surface area (Å²) in [5, 5.41) is 0.809. The lowest BCUT2D eigenvalue weighted by molar-refractivity contribution is 0.235. The van der Waals surface area contributed by atoms with Gasteiger partial charge in [-0.05, 0) is 30.7 Å². The van der Waals surface area contributed by atoms with Crippen molar-refractivity contribution in [2.75, 3.05) is 6.61 Å². The van der Waals surface area contributed by atoms with E-state index in [1.54, 1.807) is 0 Å². The molecule has 2 heteroatoms. The third kappa shape index (κ3) is 1.76. The molecular formula is C13H15ClO.